The third kappa shape index (κ3) is 3.03. The minimum absolute atomic E-state index is 0.110. The van der Waals surface area contributed by atoms with E-state index in [4.69, 9.17) is 5.11 Å². The van der Waals surface area contributed by atoms with Crippen molar-refractivity contribution in [3.63, 3.8) is 0 Å². The molecule has 0 aromatic heterocycles. The van der Waals surface area contributed by atoms with Crippen LogP contribution >= 0.6 is 0 Å². The predicted molar refractivity (Wildman–Crippen MR) is 68.2 cm³/mol. The molecule has 0 amide bonds. The Hall–Kier alpha value is -0.620. The third-order valence-corrected chi connectivity index (χ3v) is 5.87. The Kier molecular flexibility index (Phi) is 3.96. The molecule has 1 saturated carbocycles. The van der Waals surface area contributed by atoms with Crippen LogP contribution in [0.3, 0.4) is 0 Å². The number of carboxylic acids is 1. The summed E-state index contributed by atoms with van der Waals surface area (Å²) in [5.74, 6) is -0.573. The molecule has 2 rings (SSSR count). The lowest BCUT2D eigenvalue weighted by atomic mass is 10.1. The number of hydrogen-bond donors (Lipinski definition) is 1. The summed E-state index contributed by atoms with van der Waals surface area (Å²) < 4.78 is 23.5. The monoisotopic (exact) mass is 275 g/mol. The molecule has 1 aliphatic carbocycles. The maximum atomic E-state index is 11.7. The second-order valence-corrected chi connectivity index (χ2v) is 7.88. The molecule has 18 heavy (non-hydrogen) atoms. The second-order valence-electron chi connectivity index (χ2n) is 5.61. The minimum Gasteiger partial charge on any atom is -0.481 e. The SMILES string of the molecule is CS(=O)(=O)C1CCCC1N1CCC(CC(=O)O)C1. The maximum absolute atomic E-state index is 11.7. The highest BCUT2D eigenvalue weighted by Gasteiger charge is 2.40. The van der Waals surface area contributed by atoms with Crippen molar-refractivity contribution in [2.45, 2.75) is 43.4 Å². The van der Waals surface area contributed by atoms with Crippen molar-refractivity contribution in [2.24, 2.45) is 5.92 Å². The Balaban J connectivity index is 1.98. The molecule has 0 spiro atoms. The number of carboxylic acid groups (broad SMARTS) is 1. The summed E-state index contributed by atoms with van der Waals surface area (Å²) in [7, 11) is -2.99. The largest absolute Gasteiger partial charge is 0.481 e. The Bertz CT molecular complexity index is 420. The van der Waals surface area contributed by atoms with Gasteiger partial charge in [0.1, 0.15) is 0 Å². The Morgan fingerprint density at radius 3 is 2.67 bits per heavy atom. The molecular formula is C12H21NO4S. The van der Waals surface area contributed by atoms with Crippen LogP contribution in [0.1, 0.15) is 32.1 Å². The fourth-order valence-electron chi connectivity index (χ4n) is 3.40. The molecule has 2 fully saturated rings. The van der Waals surface area contributed by atoms with Crippen LogP contribution in [0.25, 0.3) is 0 Å². The van der Waals surface area contributed by atoms with Gasteiger partial charge in [-0.2, -0.15) is 0 Å². The third-order valence-electron chi connectivity index (χ3n) is 4.22. The van der Waals surface area contributed by atoms with Gasteiger partial charge in [0.25, 0.3) is 0 Å². The summed E-state index contributed by atoms with van der Waals surface area (Å²) in [6, 6.07) is 0.110. The van der Waals surface area contributed by atoms with Gasteiger partial charge in [-0.25, -0.2) is 8.42 Å². The van der Waals surface area contributed by atoms with Crippen LogP contribution in [-0.4, -0.2) is 55.0 Å². The van der Waals surface area contributed by atoms with Crippen molar-refractivity contribution < 1.29 is 18.3 Å². The summed E-state index contributed by atoms with van der Waals surface area (Å²) >= 11 is 0. The lowest BCUT2D eigenvalue weighted by Crippen LogP contribution is -2.42. The van der Waals surface area contributed by atoms with Gasteiger partial charge < -0.3 is 5.11 Å². The van der Waals surface area contributed by atoms with Crippen LogP contribution in [0.2, 0.25) is 0 Å². The standard InChI is InChI=1S/C12H21NO4S/c1-18(16,17)11-4-2-3-10(11)13-6-5-9(8-13)7-12(14)15/h9-11H,2-8H2,1H3,(H,14,15). The highest BCUT2D eigenvalue weighted by Crippen LogP contribution is 2.33. The van der Waals surface area contributed by atoms with Crippen molar-refractivity contribution in [3.05, 3.63) is 0 Å². The summed E-state index contributed by atoms with van der Waals surface area (Å²) in [5.41, 5.74) is 0. The first-order chi connectivity index (χ1) is 8.38. The Morgan fingerprint density at radius 1 is 1.33 bits per heavy atom. The molecule has 1 aliphatic heterocycles. The molecule has 0 aromatic rings. The summed E-state index contributed by atoms with van der Waals surface area (Å²) in [5, 5.41) is 8.54. The van der Waals surface area contributed by atoms with E-state index in [9.17, 15) is 13.2 Å². The molecule has 5 nitrogen and oxygen atoms in total. The van der Waals surface area contributed by atoms with E-state index < -0.39 is 15.8 Å². The fraction of sp³-hybridized carbons (Fsp3) is 0.917. The van der Waals surface area contributed by atoms with Crippen molar-refractivity contribution in [1.82, 2.24) is 4.90 Å². The van der Waals surface area contributed by atoms with Crippen LogP contribution < -0.4 is 0 Å². The van der Waals surface area contributed by atoms with E-state index in [0.717, 1.165) is 38.8 Å². The normalized spacial score (nSPS) is 33.9. The molecule has 3 atom stereocenters. The first-order valence-corrected chi connectivity index (χ1v) is 8.48. The van der Waals surface area contributed by atoms with Gasteiger partial charge in [0.05, 0.1) is 5.25 Å². The molecule has 0 radical (unpaired) electrons. The molecule has 104 valence electrons. The van der Waals surface area contributed by atoms with E-state index >= 15 is 0 Å². The minimum atomic E-state index is -2.99. The fourth-order valence-corrected chi connectivity index (χ4v) is 4.87. The second kappa shape index (κ2) is 5.17. The average Bonchev–Trinajstić information content (AvgIpc) is 2.81. The topological polar surface area (TPSA) is 74.7 Å². The van der Waals surface area contributed by atoms with Crippen LogP contribution in [0, 0.1) is 5.92 Å². The number of rotatable bonds is 4. The Morgan fingerprint density at radius 2 is 2.06 bits per heavy atom. The van der Waals surface area contributed by atoms with Crippen LogP contribution in [-0.2, 0) is 14.6 Å². The van der Waals surface area contributed by atoms with Gasteiger partial charge in [-0.05, 0) is 31.7 Å². The number of aliphatic carboxylic acids is 1. The lowest BCUT2D eigenvalue weighted by molar-refractivity contribution is -0.138. The van der Waals surface area contributed by atoms with E-state index in [2.05, 4.69) is 4.90 Å². The summed E-state index contributed by atoms with van der Waals surface area (Å²) in [6.45, 7) is 1.58. The molecule has 1 N–H and O–H groups in total. The van der Waals surface area contributed by atoms with Crippen molar-refractivity contribution in [1.29, 1.82) is 0 Å². The molecule has 1 heterocycles. The van der Waals surface area contributed by atoms with E-state index in [0.29, 0.717) is 0 Å². The first-order valence-electron chi connectivity index (χ1n) is 6.52. The first kappa shape index (κ1) is 13.8. The van der Waals surface area contributed by atoms with Gasteiger partial charge in [-0.15, -0.1) is 0 Å². The molecule has 2 aliphatic rings. The summed E-state index contributed by atoms with van der Waals surface area (Å²) in [6.07, 6.45) is 5.04. The predicted octanol–water partition coefficient (Wildman–Crippen LogP) is 0.749. The van der Waals surface area contributed by atoms with Gasteiger partial charge in [0, 0.05) is 25.3 Å². The van der Waals surface area contributed by atoms with Gasteiger partial charge in [0.15, 0.2) is 9.84 Å². The number of likely N-dealkylation sites (tertiary alicyclic amines) is 1. The van der Waals surface area contributed by atoms with Gasteiger partial charge in [-0.3, -0.25) is 9.69 Å². The van der Waals surface area contributed by atoms with E-state index in [1.807, 2.05) is 0 Å². The van der Waals surface area contributed by atoms with Gasteiger partial charge >= 0.3 is 5.97 Å². The number of hydrogen-bond acceptors (Lipinski definition) is 4. The van der Waals surface area contributed by atoms with Gasteiger partial charge in [0.2, 0.25) is 0 Å². The number of carbonyl (C=O) groups is 1. The van der Waals surface area contributed by atoms with Crippen LogP contribution in [0.4, 0.5) is 0 Å². The quantitative estimate of drug-likeness (QED) is 0.819. The smallest absolute Gasteiger partial charge is 0.303 e. The molecule has 6 heteroatoms. The van der Waals surface area contributed by atoms with Crippen molar-refractivity contribution >= 4 is 15.8 Å². The van der Waals surface area contributed by atoms with Crippen LogP contribution in [0.15, 0.2) is 0 Å². The zero-order chi connectivity index (χ0) is 13.3. The van der Waals surface area contributed by atoms with Crippen molar-refractivity contribution in [3.8, 4) is 0 Å². The summed E-state index contributed by atoms with van der Waals surface area (Å²) in [4.78, 5) is 12.9. The lowest BCUT2D eigenvalue weighted by Gasteiger charge is -2.28. The maximum Gasteiger partial charge on any atom is 0.303 e. The van der Waals surface area contributed by atoms with Gasteiger partial charge in [-0.1, -0.05) is 6.42 Å². The Labute approximate surface area is 108 Å². The number of sulfone groups is 1. The highest BCUT2D eigenvalue weighted by molar-refractivity contribution is 7.91. The zero-order valence-electron chi connectivity index (χ0n) is 10.7. The van der Waals surface area contributed by atoms with Crippen molar-refractivity contribution in [2.75, 3.05) is 19.3 Å². The molecule has 3 unspecified atom stereocenters. The van der Waals surface area contributed by atoms with E-state index in [1.165, 1.54) is 6.26 Å². The molecular weight excluding hydrogens is 254 g/mol. The highest BCUT2D eigenvalue weighted by atomic mass is 32.2. The molecule has 0 bridgehead atoms. The average molecular weight is 275 g/mol. The van der Waals surface area contributed by atoms with E-state index in [-0.39, 0.29) is 23.6 Å². The molecule has 0 aromatic carbocycles. The van der Waals surface area contributed by atoms with Crippen LogP contribution in [0.5, 0.6) is 0 Å². The number of nitrogens with zero attached hydrogens (tertiary/aromatic N) is 1. The molecule has 1 saturated heterocycles. The van der Waals surface area contributed by atoms with E-state index in [1.54, 1.807) is 0 Å². The zero-order valence-corrected chi connectivity index (χ0v) is 11.5.